The molecule has 0 saturated heterocycles. The van der Waals surface area contributed by atoms with Gasteiger partial charge >= 0.3 is 17.7 Å². The van der Waals surface area contributed by atoms with Crippen LogP contribution in [0.3, 0.4) is 0 Å². The van der Waals surface area contributed by atoms with Crippen molar-refractivity contribution in [1.29, 1.82) is 0 Å². The van der Waals surface area contributed by atoms with Gasteiger partial charge in [-0.05, 0) is 25.5 Å². The number of aryl methyl sites for hydroxylation is 2. The molecule has 2 rings (SSSR count). The van der Waals surface area contributed by atoms with E-state index in [0.29, 0.717) is 5.69 Å². The summed E-state index contributed by atoms with van der Waals surface area (Å²) in [6.45, 7) is 2.54. The number of amides is 3. The van der Waals surface area contributed by atoms with E-state index in [1.165, 1.54) is 0 Å². The fourth-order valence-electron chi connectivity index (χ4n) is 2.17. The molecule has 3 N–H and O–H groups in total. The van der Waals surface area contributed by atoms with Gasteiger partial charge in [0.2, 0.25) is 0 Å². The van der Waals surface area contributed by atoms with E-state index in [1.807, 2.05) is 36.3 Å². The predicted molar refractivity (Wildman–Crippen MR) is 95.4 cm³/mol. The summed E-state index contributed by atoms with van der Waals surface area (Å²) in [5, 5.41) is 4.54. The predicted octanol–water partition coefficient (Wildman–Crippen LogP) is 0.0449. The summed E-state index contributed by atoms with van der Waals surface area (Å²) in [5.41, 5.74) is 1.02. The van der Waals surface area contributed by atoms with Crippen LogP contribution in [-0.4, -0.2) is 34.1 Å². The molecule has 10 heteroatoms. The average Bonchev–Trinajstić information content (AvgIpc) is 2.58. The number of imide groups is 1. The van der Waals surface area contributed by atoms with E-state index in [0.717, 1.165) is 28.0 Å². The van der Waals surface area contributed by atoms with Crippen LogP contribution in [0.5, 0.6) is 0 Å². The van der Waals surface area contributed by atoms with Crippen LogP contribution in [-0.2, 0) is 20.9 Å². The summed E-state index contributed by atoms with van der Waals surface area (Å²) in [6, 6.07) is 5.69. The van der Waals surface area contributed by atoms with Gasteiger partial charge < -0.3 is 10.1 Å². The molecule has 0 radical (unpaired) electrons. The number of urea groups is 1. The quantitative estimate of drug-likeness (QED) is 0.632. The SMILES string of the molecule is Cc1ccc(NC(=O)NC(=O)COC(=O)Cn2ccc(=O)[nH]c2=O)c(C)c1. The van der Waals surface area contributed by atoms with Gasteiger partial charge in [-0.2, -0.15) is 0 Å². The highest BCUT2D eigenvalue weighted by Crippen LogP contribution is 2.15. The van der Waals surface area contributed by atoms with E-state index in [9.17, 15) is 24.0 Å². The zero-order chi connectivity index (χ0) is 20.0. The summed E-state index contributed by atoms with van der Waals surface area (Å²) in [4.78, 5) is 59.5. The Kier molecular flexibility index (Phi) is 6.26. The Morgan fingerprint density at radius 1 is 1.15 bits per heavy atom. The first-order valence-corrected chi connectivity index (χ1v) is 7.88. The summed E-state index contributed by atoms with van der Waals surface area (Å²) in [7, 11) is 0. The molecule has 0 unspecified atom stereocenters. The van der Waals surface area contributed by atoms with Crippen LogP contribution in [0.4, 0.5) is 10.5 Å². The third kappa shape index (κ3) is 5.96. The van der Waals surface area contributed by atoms with Crippen LogP contribution < -0.4 is 21.9 Å². The number of aromatic amines is 1. The Balaban J connectivity index is 1.81. The number of nitrogens with one attached hydrogen (secondary N) is 3. The first-order valence-electron chi connectivity index (χ1n) is 7.88. The molecule has 142 valence electrons. The molecule has 1 aromatic carbocycles. The molecule has 1 heterocycles. The van der Waals surface area contributed by atoms with Gasteiger partial charge in [0.25, 0.3) is 11.5 Å². The number of H-pyrrole nitrogens is 1. The number of carbonyl (C=O) groups is 3. The maximum absolute atomic E-state index is 11.8. The lowest BCUT2D eigenvalue weighted by Crippen LogP contribution is -2.38. The zero-order valence-corrected chi connectivity index (χ0v) is 14.7. The Labute approximate surface area is 153 Å². The van der Waals surface area contributed by atoms with Crippen molar-refractivity contribution in [2.45, 2.75) is 20.4 Å². The minimum Gasteiger partial charge on any atom is -0.454 e. The fraction of sp³-hybridized carbons (Fsp3) is 0.235. The Bertz CT molecular complexity index is 991. The van der Waals surface area contributed by atoms with Crippen LogP contribution in [0.15, 0.2) is 40.1 Å². The second-order valence-electron chi connectivity index (χ2n) is 5.72. The smallest absolute Gasteiger partial charge is 0.328 e. The number of ether oxygens (including phenoxy) is 1. The molecule has 0 spiro atoms. The summed E-state index contributed by atoms with van der Waals surface area (Å²) in [5.74, 6) is -1.71. The number of esters is 1. The molecule has 0 saturated carbocycles. The van der Waals surface area contributed by atoms with Gasteiger partial charge in [-0.15, -0.1) is 0 Å². The van der Waals surface area contributed by atoms with Crippen LogP contribution >= 0.6 is 0 Å². The molecule has 10 nitrogen and oxygen atoms in total. The molecule has 3 amide bonds. The van der Waals surface area contributed by atoms with E-state index < -0.39 is 42.3 Å². The first-order chi connectivity index (χ1) is 12.7. The number of hydrogen-bond donors (Lipinski definition) is 3. The summed E-state index contributed by atoms with van der Waals surface area (Å²) >= 11 is 0. The lowest BCUT2D eigenvalue weighted by atomic mass is 10.1. The number of aromatic nitrogens is 2. The molecule has 0 aliphatic rings. The highest BCUT2D eigenvalue weighted by Gasteiger charge is 2.13. The second-order valence-corrected chi connectivity index (χ2v) is 5.72. The average molecular weight is 374 g/mol. The standard InChI is InChI=1S/C17H18N4O6/c1-10-3-4-12(11(2)7-10)18-16(25)19-14(23)9-27-15(24)8-21-6-5-13(22)20-17(21)26/h3-7H,8-9H2,1-2H3,(H,20,22,26)(H2,18,19,23,25). The highest BCUT2D eigenvalue weighted by atomic mass is 16.5. The van der Waals surface area contributed by atoms with Crippen LogP contribution in [0.1, 0.15) is 11.1 Å². The molecule has 0 aliphatic heterocycles. The van der Waals surface area contributed by atoms with Crippen molar-refractivity contribution in [3.05, 3.63) is 62.4 Å². The maximum Gasteiger partial charge on any atom is 0.328 e. The molecule has 1 aromatic heterocycles. The number of anilines is 1. The molecule has 0 aliphatic carbocycles. The van der Waals surface area contributed by atoms with Crippen molar-refractivity contribution < 1.29 is 19.1 Å². The van der Waals surface area contributed by atoms with Gasteiger partial charge in [-0.3, -0.25) is 29.3 Å². The molecule has 0 atom stereocenters. The fourth-order valence-corrected chi connectivity index (χ4v) is 2.17. The topological polar surface area (TPSA) is 139 Å². The van der Waals surface area contributed by atoms with Gasteiger partial charge in [-0.1, -0.05) is 17.7 Å². The molecular formula is C17H18N4O6. The van der Waals surface area contributed by atoms with Crippen molar-refractivity contribution in [3.63, 3.8) is 0 Å². The molecule has 27 heavy (non-hydrogen) atoms. The normalized spacial score (nSPS) is 10.1. The monoisotopic (exact) mass is 374 g/mol. The number of rotatable bonds is 5. The third-order valence-corrected chi connectivity index (χ3v) is 3.44. The summed E-state index contributed by atoms with van der Waals surface area (Å²) < 4.78 is 5.61. The number of benzene rings is 1. The largest absolute Gasteiger partial charge is 0.454 e. The lowest BCUT2D eigenvalue weighted by molar-refractivity contribution is -0.148. The van der Waals surface area contributed by atoms with Crippen molar-refractivity contribution in [2.75, 3.05) is 11.9 Å². The number of carbonyl (C=O) groups excluding carboxylic acids is 3. The number of hydrogen-bond acceptors (Lipinski definition) is 6. The minimum atomic E-state index is -0.880. The third-order valence-electron chi connectivity index (χ3n) is 3.44. The highest BCUT2D eigenvalue weighted by molar-refractivity contribution is 6.02. The second kappa shape index (κ2) is 8.61. The van der Waals surface area contributed by atoms with Crippen molar-refractivity contribution in [1.82, 2.24) is 14.9 Å². The zero-order valence-electron chi connectivity index (χ0n) is 14.7. The van der Waals surface area contributed by atoms with Gasteiger partial charge in [0.05, 0.1) is 0 Å². The minimum absolute atomic E-state index is 0.488. The van der Waals surface area contributed by atoms with E-state index in [1.54, 1.807) is 6.07 Å². The van der Waals surface area contributed by atoms with Gasteiger partial charge in [0.1, 0.15) is 6.54 Å². The molecule has 0 bridgehead atoms. The van der Waals surface area contributed by atoms with Crippen molar-refractivity contribution in [2.24, 2.45) is 0 Å². The van der Waals surface area contributed by atoms with E-state index in [4.69, 9.17) is 4.74 Å². The first kappa shape index (κ1) is 19.6. The Hall–Kier alpha value is -3.69. The van der Waals surface area contributed by atoms with Gasteiger partial charge in [0, 0.05) is 18.0 Å². The van der Waals surface area contributed by atoms with Gasteiger partial charge in [0.15, 0.2) is 6.61 Å². The van der Waals surface area contributed by atoms with Crippen LogP contribution in [0.2, 0.25) is 0 Å². The number of nitrogens with zero attached hydrogens (tertiary/aromatic N) is 1. The maximum atomic E-state index is 11.8. The van der Waals surface area contributed by atoms with Crippen molar-refractivity contribution >= 4 is 23.6 Å². The summed E-state index contributed by atoms with van der Waals surface area (Å²) in [6.07, 6.45) is 1.12. The van der Waals surface area contributed by atoms with Gasteiger partial charge in [-0.25, -0.2) is 9.59 Å². The molecular weight excluding hydrogens is 356 g/mol. The van der Waals surface area contributed by atoms with Crippen LogP contribution in [0.25, 0.3) is 0 Å². The van der Waals surface area contributed by atoms with Crippen LogP contribution in [0, 0.1) is 13.8 Å². The van der Waals surface area contributed by atoms with E-state index in [2.05, 4.69) is 5.32 Å². The Morgan fingerprint density at radius 3 is 2.56 bits per heavy atom. The lowest BCUT2D eigenvalue weighted by Gasteiger charge is -2.10. The Morgan fingerprint density at radius 2 is 1.89 bits per heavy atom. The van der Waals surface area contributed by atoms with E-state index in [-0.39, 0.29) is 0 Å². The molecule has 0 fully saturated rings. The van der Waals surface area contributed by atoms with E-state index >= 15 is 0 Å². The molecule has 2 aromatic rings. The van der Waals surface area contributed by atoms with Crippen molar-refractivity contribution in [3.8, 4) is 0 Å².